The number of thioether (sulfide) groups is 1. The van der Waals surface area contributed by atoms with Crippen molar-refractivity contribution in [3.8, 4) is 5.75 Å². The van der Waals surface area contributed by atoms with Crippen LogP contribution in [0.3, 0.4) is 0 Å². The van der Waals surface area contributed by atoms with E-state index in [9.17, 15) is 19.5 Å². The molecule has 3 aliphatic heterocycles. The Bertz CT molecular complexity index is 1110. The van der Waals surface area contributed by atoms with Crippen LogP contribution in [-0.4, -0.2) is 76.7 Å². The fourth-order valence-electron chi connectivity index (χ4n) is 6.84. The molecular weight excluding hydrogens is 528 g/mol. The van der Waals surface area contributed by atoms with Crippen LogP contribution >= 0.6 is 11.8 Å². The Balaban J connectivity index is 1.72. The summed E-state index contributed by atoms with van der Waals surface area (Å²) in [6.07, 6.45) is 7.19. The van der Waals surface area contributed by atoms with E-state index in [1.54, 1.807) is 46.9 Å². The topological polar surface area (TPSA) is 96.4 Å². The maximum absolute atomic E-state index is 14.6. The molecule has 0 saturated carbocycles. The van der Waals surface area contributed by atoms with Crippen LogP contribution in [0.2, 0.25) is 0 Å². The predicted octanol–water partition coefficient (Wildman–Crippen LogP) is 4.22. The number of carbonyl (C=O) groups is 3. The zero-order valence-corrected chi connectivity index (χ0v) is 24.6. The van der Waals surface area contributed by atoms with Crippen LogP contribution < -0.4 is 9.64 Å². The van der Waals surface area contributed by atoms with Gasteiger partial charge in [-0.1, -0.05) is 26.0 Å². The number of nitrogens with zero attached hydrogens (tertiary/aromatic N) is 2. The van der Waals surface area contributed by atoms with Crippen molar-refractivity contribution in [1.82, 2.24) is 4.90 Å². The molecule has 3 aliphatic rings. The molecule has 4 rings (SSSR count). The van der Waals surface area contributed by atoms with Crippen molar-refractivity contribution in [2.75, 3.05) is 31.8 Å². The zero-order valence-electron chi connectivity index (χ0n) is 23.8. The van der Waals surface area contributed by atoms with Crippen LogP contribution in [0.25, 0.3) is 0 Å². The monoisotopic (exact) mass is 570 g/mol. The van der Waals surface area contributed by atoms with Crippen LogP contribution in [0.4, 0.5) is 5.69 Å². The lowest BCUT2D eigenvalue weighted by Gasteiger charge is -2.42. The number of fused-ring (bicyclic) bond motifs is 1. The van der Waals surface area contributed by atoms with Gasteiger partial charge in [0.05, 0.1) is 42.9 Å². The summed E-state index contributed by atoms with van der Waals surface area (Å²) >= 11 is 1.61. The van der Waals surface area contributed by atoms with Crippen LogP contribution in [0.15, 0.2) is 49.6 Å². The highest BCUT2D eigenvalue weighted by molar-refractivity contribution is 8.02. The number of hydrogen-bond donors (Lipinski definition) is 1. The van der Waals surface area contributed by atoms with Gasteiger partial charge in [0.15, 0.2) is 0 Å². The Kier molecular flexibility index (Phi) is 9.67. The van der Waals surface area contributed by atoms with Gasteiger partial charge in [-0.15, -0.1) is 24.9 Å². The third-order valence-electron chi connectivity index (χ3n) is 8.77. The summed E-state index contributed by atoms with van der Waals surface area (Å²) < 4.78 is 10.2. The van der Waals surface area contributed by atoms with E-state index < -0.39 is 28.7 Å². The van der Waals surface area contributed by atoms with E-state index in [2.05, 4.69) is 20.1 Å². The number of allylic oxidation sites excluding steroid dienone is 1. The van der Waals surface area contributed by atoms with E-state index in [0.29, 0.717) is 24.5 Å². The van der Waals surface area contributed by atoms with Gasteiger partial charge in [0.1, 0.15) is 11.8 Å². The van der Waals surface area contributed by atoms with Gasteiger partial charge in [-0.3, -0.25) is 14.4 Å². The summed E-state index contributed by atoms with van der Waals surface area (Å²) in [4.78, 5) is 45.6. The Morgan fingerprint density at radius 3 is 2.58 bits per heavy atom. The van der Waals surface area contributed by atoms with Crippen molar-refractivity contribution >= 4 is 35.2 Å². The van der Waals surface area contributed by atoms with Crippen molar-refractivity contribution in [2.45, 2.75) is 68.0 Å². The first-order valence-electron chi connectivity index (χ1n) is 14.2. The first kappa shape index (κ1) is 30.2. The maximum atomic E-state index is 14.6. The third-order valence-corrected chi connectivity index (χ3v) is 10.8. The zero-order chi connectivity index (χ0) is 29.0. The normalized spacial score (nSPS) is 29.1. The third kappa shape index (κ3) is 5.07. The Labute approximate surface area is 241 Å². The molecule has 1 spiro atoms. The average molecular weight is 571 g/mol. The number of likely N-dealkylation sites (tertiary alicyclic amines) is 1. The molecule has 3 fully saturated rings. The number of anilines is 1. The molecule has 0 aliphatic carbocycles. The molecule has 9 heteroatoms. The molecule has 2 bridgehead atoms. The second-order valence-electron chi connectivity index (χ2n) is 10.9. The molecule has 8 nitrogen and oxygen atoms in total. The van der Waals surface area contributed by atoms with Gasteiger partial charge in [-0.05, 0) is 62.3 Å². The van der Waals surface area contributed by atoms with E-state index >= 15 is 0 Å². The van der Waals surface area contributed by atoms with Gasteiger partial charge in [0.25, 0.3) is 5.91 Å². The highest BCUT2D eigenvalue weighted by Gasteiger charge is 2.77. The van der Waals surface area contributed by atoms with Crippen molar-refractivity contribution in [3.05, 3.63) is 49.6 Å². The quantitative estimate of drug-likeness (QED) is 0.203. The largest absolute Gasteiger partial charge is 0.497 e. The Morgan fingerprint density at radius 2 is 1.98 bits per heavy atom. The molecule has 0 aromatic heterocycles. The van der Waals surface area contributed by atoms with E-state index in [-0.39, 0.29) is 42.1 Å². The first-order valence-corrected chi connectivity index (χ1v) is 15.1. The van der Waals surface area contributed by atoms with Crippen molar-refractivity contribution in [2.24, 2.45) is 17.8 Å². The molecule has 1 aromatic rings. The van der Waals surface area contributed by atoms with Gasteiger partial charge in [0.2, 0.25) is 5.91 Å². The van der Waals surface area contributed by atoms with Crippen LogP contribution in [0, 0.1) is 17.8 Å². The molecule has 1 aromatic carbocycles. The number of ether oxygens (including phenoxy) is 2. The first-order chi connectivity index (χ1) is 19.3. The second-order valence-corrected chi connectivity index (χ2v) is 12.5. The number of unbranched alkanes of at least 4 members (excludes halogenated alkanes) is 2. The standard InChI is InChI=1S/C31H42N2O6S/c1-6-9-10-11-17-39-30(37)25-24-18-20(4)31(40-24)26(25)28(35)33(21(8-3)19-34)27(31)29(36)32(16-7-2)22-12-14-23(38-5)15-13-22/h6-7,12-15,20-21,24-27,34H,1-2,8-11,16-19H2,3-5H3/t20?,21-,24+,25-,26-,27?,31?/m0/s1. The van der Waals surface area contributed by atoms with Crippen molar-refractivity contribution in [1.29, 1.82) is 0 Å². The number of aliphatic hydroxyl groups excluding tert-OH is 1. The average Bonchev–Trinajstić information content (AvgIpc) is 3.56. The molecule has 0 radical (unpaired) electrons. The molecule has 3 saturated heterocycles. The van der Waals surface area contributed by atoms with E-state index in [4.69, 9.17) is 9.47 Å². The summed E-state index contributed by atoms with van der Waals surface area (Å²) in [7, 11) is 1.58. The smallest absolute Gasteiger partial charge is 0.310 e. The number of esters is 1. The second kappa shape index (κ2) is 12.8. The number of amides is 2. The van der Waals surface area contributed by atoms with Gasteiger partial charge in [0, 0.05) is 17.5 Å². The minimum atomic E-state index is -0.834. The van der Waals surface area contributed by atoms with E-state index in [1.165, 1.54) is 0 Å². The molecule has 3 unspecified atom stereocenters. The summed E-state index contributed by atoms with van der Waals surface area (Å²) in [6.45, 7) is 11.9. The van der Waals surface area contributed by atoms with E-state index in [0.717, 1.165) is 25.7 Å². The summed E-state index contributed by atoms with van der Waals surface area (Å²) in [5, 5.41) is 10.2. The maximum Gasteiger partial charge on any atom is 0.310 e. The Morgan fingerprint density at radius 1 is 1.25 bits per heavy atom. The lowest BCUT2D eigenvalue weighted by Crippen LogP contribution is -2.59. The van der Waals surface area contributed by atoms with Gasteiger partial charge in [-0.2, -0.15) is 0 Å². The molecule has 40 heavy (non-hydrogen) atoms. The highest BCUT2D eigenvalue weighted by atomic mass is 32.2. The molecule has 3 heterocycles. The summed E-state index contributed by atoms with van der Waals surface area (Å²) in [5.74, 6) is -1.42. The molecule has 2 amide bonds. The molecular formula is C31H42N2O6S. The van der Waals surface area contributed by atoms with Crippen LogP contribution in [-0.2, 0) is 19.1 Å². The number of hydrogen-bond acceptors (Lipinski definition) is 7. The minimum Gasteiger partial charge on any atom is -0.497 e. The summed E-state index contributed by atoms with van der Waals surface area (Å²) in [6, 6.07) is 5.84. The lowest BCUT2D eigenvalue weighted by atomic mass is 9.66. The van der Waals surface area contributed by atoms with Gasteiger partial charge >= 0.3 is 5.97 Å². The molecule has 218 valence electrons. The number of aliphatic hydroxyl groups is 1. The van der Waals surface area contributed by atoms with Crippen molar-refractivity contribution < 1.29 is 29.0 Å². The number of carbonyl (C=O) groups excluding carboxylic acids is 3. The van der Waals surface area contributed by atoms with Gasteiger partial charge < -0.3 is 24.4 Å². The number of rotatable bonds is 14. The highest BCUT2D eigenvalue weighted by Crippen LogP contribution is 2.69. The fourth-order valence-corrected chi connectivity index (χ4v) is 9.23. The van der Waals surface area contributed by atoms with E-state index in [1.807, 2.05) is 25.1 Å². The minimum absolute atomic E-state index is 0.0182. The van der Waals surface area contributed by atoms with Crippen LogP contribution in [0.5, 0.6) is 5.75 Å². The molecule has 7 atom stereocenters. The van der Waals surface area contributed by atoms with Crippen molar-refractivity contribution in [3.63, 3.8) is 0 Å². The van der Waals surface area contributed by atoms with Crippen LogP contribution in [0.1, 0.15) is 46.0 Å². The number of benzene rings is 1. The summed E-state index contributed by atoms with van der Waals surface area (Å²) in [5.41, 5.74) is 0.663. The Hall–Kier alpha value is -2.78. The predicted molar refractivity (Wildman–Crippen MR) is 157 cm³/mol. The lowest BCUT2D eigenvalue weighted by molar-refractivity contribution is -0.155. The van der Waals surface area contributed by atoms with Gasteiger partial charge in [-0.25, -0.2) is 0 Å². The fraction of sp³-hybridized carbons (Fsp3) is 0.581. The molecule has 1 N–H and O–H groups in total. The number of methoxy groups -OCH3 is 1. The SMILES string of the molecule is C=CCCCCOC(=O)[C@@H]1[C@H]2C(=O)N([C@@H](CC)CO)C(C(=O)N(CC=C)c3ccc(OC)cc3)C23S[C@@H]1CC3C.